The fourth-order valence-electron chi connectivity index (χ4n) is 3.59. The van der Waals surface area contributed by atoms with Crippen molar-refractivity contribution in [3.63, 3.8) is 0 Å². The van der Waals surface area contributed by atoms with Crippen LogP contribution in [0.4, 0.5) is 0 Å². The molecule has 0 aliphatic carbocycles. The minimum atomic E-state index is -0.769. The zero-order chi connectivity index (χ0) is 22.0. The van der Waals surface area contributed by atoms with Crippen LogP contribution in [0.3, 0.4) is 0 Å². The summed E-state index contributed by atoms with van der Waals surface area (Å²) in [6.07, 6.45) is 2.63. The fraction of sp³-hybridized carbons (Fsp3) is 0.280. The van der Waals surface area contributed by atoms with Crippen molar-refractivity contribution in [2.75, 3.05) is 6.61 Å². The molecule has 1 N–H and O–H groups in total. The fourth-order valence-corrected chi connectivity index (χ4v) is 3.59. The van der Waals surface area contributed by atoms with Crippen LogP contribution in [0.2, 0.25) is 0 Å². The molecule has 6 heteroatoms. The summed E-state index contributed by atoms with van der Waals surface area (Å²) in [6.45, 7) is 7.00. The smallest absolute Gasteiger partial charge is 0.276 e. The highest BCUT2D eigenvalue weighted by Crippen LogP contribution is 2.23. The number of fused-ring (bicyclic) bond motifs is 1. The van der Waals surface area contributed by atoms with Crippen molar-refractivity contribution in [1.82, 2.24) is 14.2 Å². The maximum atomic E-state index is 13.0. The summed E-state index contributed by atoms with van der Waals surface area (Å²) in [5.74, 6) is 1.23. The van der Waals surface area contributed by atoms with Crippen molar-refractivity contribution in [1.29, 1.82) is 0 Å². The number of hydrogen-bond donors (Lipinski definition) is 1. The van der Waals surface area contributed by atoms with Gasteiger partial charge in [0.05, 0.1) is 24.9 Å². The van der Waals surface area contributed by atoms with Gasteiger partial charge in [-0.05, 0) is 54.3 Å². The number of benzene rings is 2. The van der Waals surface area contributed by atoms with E-state index in [2.05, 4.69) is 18.9 Å². The van der Waals surface area contributed by atoms with E-state index in [-0.39, 0.29) is 12.1 Å². The number of aliphatic hydroxyl groups excluding tert-OH is 1. The van der Waals surface area contributed by atoms with Gasteiger partial charge in [0.2, 0.25) is 0 Å². The summed E-state index contributed by atoms with van der Waals surface area (Å²) in [6, 6.07) is 17.3. The van der Waals surface area contributed by atoms with E-state index in [9.17, 15) is 9.90 Å². The highest BCUT2D eigenvalue weighted by molar-refractivity contribution is 5.66. The van der Waals surface area contributed by atoms with Gasteiger partial charge in [0, 0.05) is 18.0 Å². The molecular weight excluding hydrogens is 390 g/mol. The number of ether oxygens (including phenoxy) is 1. The molecule has 31 heavy (non-hydrogen) atoms. The van der Waals surface area contributed by atoms with Gasteiger partial charge in [-0.25, -0.2) is 4.52 Å². The van der Waals surface area contributed by atoms with Crippen molar-refractivity contribution >= 4 is 5.52 Å². The van der Waals surface area contributed by atoms with Crippen LogP contribution in [0, 0.1) is 0 Å². The van der Waals surface area contributed by atoms with E-state index in [0.29, 0.717) is 23.7 Å². The lowest BCUT2D eigenvalue weighted by Gasteiger charge is -2.14. The maximum absolute atomic E-state index is 13.0. The molecule has 0 saturated carbocycles. The molecule has 0 bridgehead atoms. The second kappa shape index (κ2) is 8.78. The predicted octanol–water partition coefficient (Wildman–Crippen LogP) is 4.42. The van der Waals surface area contributed by atoms with Crippen LogP contribution < -0.4 is 10.3 Å². The third-order valence-corrected chi connectivity index (χ3v) is 5.42. The second-order valence-corrected chi connectivity index (χ2v) is 7.91. The van der Waals surface area contributed by atoms with Gasteiger partial charge in [0.25, 0.3) is 5.56 Å². The molecule has 0 aliphatic rings. The van der Waals surface area contributed by atoms with Crippen molar-refractivity contribution in [3.8, 4) is 17.0 Å². The standard InChI is InChI=1S/C25H27N3O3/c1-4-31-21-11-9-19(10-12-21)22-15-23-25(30)27(13-14-28(23)26-22)16-24(29)20-7-5-18(6-8-20)17(2)3/h5-15,17,24,29H,4,16H2,1-3H3. The third kappa shape index (κ3) is 4.39. The van der Waals surface area contributed by atoms with Crippen LogP contribution in [0.1, 0.15) is 43.9 Å². The molecule has 2 heterocycles. The molecule has 160 valence electrons. The molecule has 6 nitrogen and oxygen atoms in total. The number of aromatic nitrogens is 3. The molecule has 0 amide bonds. The normalized spacial score (nSPS) is 12.4. The number of rotatable bonds is 7. The summed E-state index contributed by atoms with van der Waals surface area (Å²) in [5, 5.41) is 15.2. The molecular formula is C25H27N3O3. The second-order valence-electron chi connectivity index (χ2n) is 7.91. The largest absolute Gasteiger partial charge is 0.494 e. The van der Waals surface area contributed by atoms with Gasteiger partial charge in [-0.1, -0.05) is 38.1 Å². The number of hydrogen-bond acceptors (Lipinski definition) is 4. The Balaban J connectivity index is 1.58. The van der Waals surface area contributed by atoms with E-state index < -0.39 is 6.10 Å². The SMILES string of the molecule is CCOc1ccc(-c2cc3c(=O)n(CC(O)c4ccc(C(C)C)cc4)ccn3n2)cc1. The highest BCUT2D eigenvalue weighted by Gasteiger charge is 2.13. The summed E-state index contributed by atoms with van der Waals surface area (Å²) in [7, 11) is 0. The molecule has 0 aliphatic heterocycles. The van der Waals surface area contributed by atoms with Crippen LogP contribution >= 0.6 is 0 Å². The van der Waals surface area contributed by atoms with E-state index in [1.807, 2.05) is 55.5 Å². The topological polar surface area (TPSA) is 68.8 Å². The molecule has 4 aromatic rings. The van der Waals surface area contributed by atoms with Crippen molar-refractivity contribution < 1.29 is 9.84 Å². The first kappa shape index (κ1) is 20.9. The lowest BCUT2D eigenvalue weighted by Crippen LogP contribution is -2.24. The summed E-state index contributed by atoms with van der Waals surface area (Å²) in [5.41, 5.74) is 3.90. The predicted molar refractivity (Wildman–Crippen MR) is 122 cm³/mol. The van der Waals surface area contributed by atoms with Gasteiger partial charge >= 0.3 is 0 Å². The first-order valence-electron chi connectivity index (χ1n) is 10.6. The monoisotopic (exact) mass is 417 g/mol. The Hall–Kier alpha value is -3.38. The molecule has 1 atom stereocenters. The average molecular weight is 418 g/mol. The van der Waals surface area contributed by atoms with Crippen LogP contribution in [0.15, 0.2) is 71.8 Å². The average Bonchev–Trinajstić information content (AvgIpc) is 3.22. The molecule has 4 rings (SSSR count). The Morgan fingerprint density at radius 1 is 1.00 bits per heavy atom. The van der Waals surface area contributed by atoms with Crippen LogP contribution in [0.5, 0.6) is 5.75 Å². The molecule has 0 fully saturated rings. The van der Waals surface area contributed by atoms with Crippen molar-refractivity contribution in [2.45, 2.75) is 39.3 Å². The van der Waals surface area contributed by atoms with Gasteiger partial charge in [-0.2, -0.15) is 5.10 Å². The Morgan fingerprint density at radius 2 is 1.68 bits per heavy atom. The number of nitrogens with zero attached hydrogens (tertiary/aromatic N) is 3. The first-order valence-corrected chi connectivity index (χ1v) is 10.6. The summed E-state index contributed by atoms with van der Waals surface area (Å²) < 4.78 is 8.58. The van der Waals surface area contributed by atoms with Crippen LogP contribution in [0.25, 0.3) is 16.8 Å². The Labute approximate surface area is 181 Å². The van der Waals surface area contributed by atoms with Gasteiger partial charge in [0.1, 0.15) is 11.3 Å². The van der Waals surface area contributed by atoms with Crippen molar-refractivity contribution in [3.05, 3.63) is 88.5 Å². The molecule has 0 saturated heterocycles. The van der Waals surface area contributed by atoms with E-state index in [0.717, 1.165) is 16.9 Å². The Kier molecular flexibility index (Phi) is 5.91. The molecule has 1 unspecified atom stereocenters. The quantitative estimate of drug-likeness (QED) is 0.483. The zero-order valence-corrected chi connectivity index (χ0v) is 18.0. The molecule has 0 radical (unpaired) electrons. The minimum Gasteiger partial charge on any atom is -0.494 e. The maximum Gasteiger partial charge on any atom is 0.276 e. The lowest BCUT2D eigenvalue weighted by molar-refractivity contribution is 0.155. The van der Waals surface area contributed by atoms with Crippen LogP contribution in [-0.4, -0.2) is 25.9 Å². The highest BCUT2D eigenvalue weighted by atomic mass is 16.5. The minimum absolute atomic E-state index is 0.180. The Morgan fingerprint density at radius 3 is 2.32 bits per heavy atom. The summed E-state index contributed by atoms with van der Waals surface area (Å²) >= 11 is 0. The van der Waals surface area contributed by atoms with E-state index in [1.54, 1.807) is 23.0 Å². The Bertz CT molecular complexity index is 1220. The van der Waals surface area contributed by atoms with E-state index in [4.69, 9.17) is 4.74 Å². The van der Waals surface area contributed by atoms with Gasteiger partial charge < -0.3 is 14.4 Å². The summed E-state index contributed by atoms with van der Waals surface area (Å²) in [4.78, 5) is 13.0. The molecule has 2 aromatic heterocycles. The van der Waals surface area contributed by atoms with E-state index in [1.165, 1.54) is 10.1 Å². The van der Waals surface area contributed by atoms with E-state index >= 15 is 0 Å². The third-order valence-electron chi connectivity index (χ3n) is 5.42. The van der Waals surface area contributed by atoms with Crippen molar-refractivity contribution in [2.24, 2.45) is 0 Å². The van der Waals surface area contributed by atoms with Gasteiger partial charge in [0.15, 0.2) is 0 Å². The number of aliphatic hydroxyl groups is 1. The first-order chi connectivity index (χ1) is 15.0. The van der Waals surface area contributed by atoms with Crippen LogP contribution in [-0.2, 0) is 6.54 Å². The van der Waals surface area contributed by atoms with Gasteiger partial charge in [-0.3, -0.25) is 4.79 Å². The lowest BCUT2D eigenvalue weighted by atomic mass is 10.00. The van der Waals surface area contributed by atoms with Gasteiger partial charge in [-0.15, -0.1) is 0 Å². The molecule has 2 aromatic carbocycles. The molecule has 0 spiro atoms. The zero-order valence-electron chi connectivity index (χ0n) is 18.0.